The van der Waals surface area contributed by atoms with Crippen molar-refractivity contribution in [1.29, 1.82) is 0 Å². The number of nitrogens with one attached hydrogen (secondary N) is 1. The molecule has 1 aliphatic rings. The highest BCUT2D eigenvalue weighted by Crippen LogP contribution is 2.26. The fourth-order valence-electron chi connectivity index (χ4n) is 2.77. The van der Waals surface area contributed by atoms with Crippen molar-refractivity contribution in [3.8, 4) is 0 Å². The Morgan fingerprint density at radius 2 is 2.12 bits per heavy atom. The molecule has 0 radical (unpaired) electrons. The molecule has 3 rings (SSSR count). The number of piperidine rings is 1. The lowest BCUT2D eigenvalue weighted by Gasteiger charge is -2.28. The number of hydrogen-bond acceptors (Lipinski definition) is 8. The molecular formula is C15H20N6O4S. The smallest absolute Gasteiger partial charge is 0.271 e. The van der Waals surface area contributed by atoms with Gasteiger partial charge in [0, 0.05) is 44.4 Å². The number of hydrogen-bond donors (Lipinski definition) is 1. The Morgan fingerprint density at radius 3 is 2.77 bits per heavy atom. The van der Waals surface area contributed by atoms with Gasteiger partial charge in [-0.25, -0.2) is 17.7 Å². The normalized spacial score (nSPS) is 16.5. The van der Waals surface area contributed by atoms with E-state index in [1.807, 2.05) is 0 Å². The fraction of sp³-hybridized carbons (Fsp3) is 0.533. The Bertz CT molecular complexity index is 846. The van der Waals surface area contributed by atoms with Gasteiger partial charge in [-0.2, -0.15) is 4.98 Å². The van der Waals surface area contributed by atoms with E-state index in [0.29, 0.717) is 50.6 Å². The molecule has 0 spiro atoms. The molecule has 140 valence electrons. The van der Waals surface area contributed by atoms with E-state index in [2.05, 4.69) is 25.4 Å². The molecule has 1 amide bonds. The molecule has 1 aliphatic heterocycles. The minimum atomic E-state index is -3.15. The van der Waals surface area contributed by atoms with E-state index >= 15 is 0 Å². The van der Waals surface area contributed by atoms with Gasteiger partial charge in [-0.3, -0.25) is 9.78 Å². The van der Waals surface area contributed by atoms with Crippen LogP contribution in [-0.4, -0.2) is 64.6 Å². The van der Waals surface area contributed by atoms with Crippen LogP contribution in [0.4, 0.5) is 0 Å². The van der Waals surface area contributed by atoms with Gasteiger partial charge >= 0.3 is 0 Å². The molecule has 1 saturated heterocycles. The molecule has 0 bridgehead atoms. The summed E-state index contributed by atoms with van der Waals surface area (Å²) in [6, 6.07) is 0. The molecule has 0 saturated carbocycles. The number of carbonyl (C=O) groups excluding carboxylic acids is 1. The third-order valence-corrected chi connectivity index (χ3v) is 5.50. The van der Waals surface area contributed by atoms with Crippen LogP contribution in [0.5, 0.6) is 0 Å². The standard InChI is InChI=1S/C15H20N6O4S/c1-26(23,24)21-8-3-11(4-9-21)14-19-13(25-20-14)2-5-18-15(22)12-10-16-6-7-17-12/h6-7,10-11H,2-5,8-9H2,1H3,(H,18,22). The summed E-state index contributed by atoms with van der Waals surface area (Å²) in [5.41, 5.74) is 0.247. The summed E-state index contributed by atoms with van der Waals surface area (Å²) in [6.45, 7) is 1.26. The summed E-state index contributed by atoms with van der Waals surface area (Å²) < 4.78 is 29.8. The Hall–Kier alpha value is -2.40. The third-order valence-electron chi connectivity index (χ3n) is 4.19. The monoisotopic (exact) mass is 380 g/mol. The van der Waals surface area contributed by atoms with Gasteiger partial charge in [-0.1, -0.05) is 5.16 Å². The zero-order valence-corrected chi connectivity index (χ0v) is 15.1. The number of amides is 1. The van der Waals surface area contributed by atoms with Crippen molar-refractivity contribution in [2.24, 2.45) is 0 Å². The summed E-state index contributed by atoms with van der Waals surface area (Å²) in [5.74, 6) is 0.795. The van der Waals surface area contributed by atoms with Crippen LogP contribution in [0.2, 0.25) is 0 Å². The van der Waals surface area contributed by atoms with E-state index in [0.717, 1.165) is 0 Å². The average Bonchev–Trinajstić information content (AvgIpc) is 3.11. The Labute approximate surface area is 151 Å². The van der Waals surface area contributed by atoms with E-state index in [9.17, 15) is 13.2 Å². The molecule has 0 unspecified atom stereocenters. The maximum absolute atomic E-state index is 11.9. The predicted molar refractivity (Wildman–Crippen MR) is 90.8 cm³/mol. The van der Waals surface area contributed by atoms with Crippen LogP contribution in [0.15, 0.2) is 23.1 Å². The van der Waals surface area contributed by atoms with Crippen molar-refractivity contribution in [2.75, 3.05) is 25.9 Å². The highest BCUT2D eigenvalue weighted by atomic mass is 32.2. The summed E-state index contributed by atoms with van der Waals surface area (Å²) in [7, 11) is -3.15. The van der Waals surface area contributed by atoms with Crippen molar-refractivity contribution in [3.05, 3.63) is 36.0 Å². The molecule has 2 aromatic rings. The van der Waals surface area contributed by atoms with Crippen LogP contribution in [0.1, 0.15) is 41.0 Å². The van der Waals surface area contributed by atoms with Crippen molar-refractivity contribution in [2.45, 2.75) is 25.2 Å². The Morgan fingerprint density at radius 1 is 1.35 bits per heavy atom. The zero-order valence-electron chi connectivity index (χ0n) is 14.3. The predicted octanol–water partition coefficient (Wildman–Crippen LogP) is -0.0289. The highest BCUT2D eigenvalue weighted by molar-refractivity contribution is 7.88. The highest BCUT2D eigenvalue weighted by Gasteiger charge is 2.28. The minimum absolute atomic E-state index is 0.0830. The SMILES string of the molecule is CS(=O)(=O)N1CCC(c2noc(CCNC(=O)c3cnccn3)n2)CC1. The van der Waals surface area contributed by atoms with Crippen LogP contribution < -0.4 is 5.32 Å². The Kier molecular flexibility index (Phi) is 5.57. The zero-order chi connectivity index (χ0) is 18.6. The third kappa shape index (κ3) is 4.61. The van der Waals surface area contributed by atoms with E-state index in [1.165, 1.54) is 29.2 Å². The summed E-state index contributed by atoms with van der Waals surface area (Å²) in [5, 5.41) is 6.71. The number of carbonyl (C=O) groups is 1. The number of sulfonamides is 1. The van der Waals surface area contributed by atoms with Crippen LogP contribution in [-0.2, 0) is 16.4 Å². The first-order chi connectivity index (χ1) is 12.4. The molecule has 1 N–H and O–H groups in total. The summed E-state index contributed by atoms with van der Waals surface area (Å²) >= 11 is 0. The van der Waals surface area contributed by atoms with Crippen molar-refractivity contribution in [1.82, 2.24) is 29.7 Å². The molecular weight excluding hydrogens is 360 g/mol. The average molecular weight is 380 g/mol. The van der Waals surface area contributed by atoms with Gasteiger partial charge in [0.05, 0.1) is 12.5 Å². The van der Waals surface area contributed by atoms with Crippen molar-refractivity contribution in [3.63, 3.8) is 0 Å². The molecule has 11 heteroatoms. The van der Waals surface area contributed by atoms with Gasteiger partial charge in [0.25, 0.3) is 5.91 Å². The quantitative estimate of drug-likeness (QED) is 0.739. The molecule has 0 aliphatic carbocycles. The number of nitrogens with zero attached hydrogens (tertiary/aromatic N) is 5. The van der Waals surface area contributed by atoms with Gasteiger partial charge in [-0.15, -0.1) is 0 Å². The Balaban J connectivity index is 1.47. The van der Waals surface area contributed by atoms with Gasteiger partial charge in [0.1, 0.15) is 5.69 Å². The van der Waals surface area contributed by atoms with Gasteiger partial charge in [0.15, 0.2) is 5.82 Å². The minimum Gasteiger partial charge on any atom is -0.350 e. The number of aromatic nitrogens is 4. The van der Waals surface area contributed by atoms with Gasteiger partial charge in [0.2, 0.25) is 15.9 Å². The fourth-order valence-corrected chi connectivity index (χ4v) is 3.65. The van der Waals surface area contributed by atoms with Crippen molar-refractivity contribution < 1.29 is 17.7 Å². The largest absolute Gasteiger partial charge is 0.350 e. The first-order valence-corrected chi connectivity index (χ1v) is 10.1. The molecule has 26 heavy (non-hydrogen) atoms. The van der Waals surface area contributed by atoms with E-state index in [1.54, 1.807) is 0 Å². The molecule has 0 atom stereocenters. The van der Waals surface area contributed by atoms with E-state index in [-0.39, 0.29) is 17.5 Å². The second kappa shape index (κ2) is 7.87. The molecule has 10 nitrogen and oxygen atoms in total. The molecule has 1 fully saturated rings. The molecule has 2 aromatic heterocycles. The van der Waals surface area contributed by atoms with Crippen LogP contribution in [0, 0.1) is 0 Å². The summed E-state index contributed by atoms with van der Waals surface area (Å²) in [6.07, 6.45) is 7.29. The maximum atomic E-state index is 11.9. The second-order valence-electron chi connectivity index (χ2n) is 6.08. The van der Waals surface area contributed by atoms with Crippen LogP contribution >= 0.6 is 0 Å². The summed E-state index contributed by atoms with van der Waals surface area (Å²) in [4.78, 5) is 24.0. The van der Waals surface area contributed by atoms with Crippen LogP contribution in [0.25, 0.3) is 0 Å². The van der Waals surface area contributed by atoms with E-state index < -0.39 is 10.0 Å². The maximum Gasteiger partial charge on any atom is 0.271 e. The lowest BCUT2D eigenvalue weighted by atomic mass is 9.97. The number of rotatable bonds is 6. The van der Waals surface area contributed by atoms with Crippen LogP contribution in [0.3, 0.4) is 0 Å². The molecule has 0 aromatic carbocycles. The first-order valence-electron chi connectivity index (χ1n) is 8.25. The lowest BCUT2D eigenvalue weighted by molar-refractivity contribution is 0.0948. The second-order valence-corrected chi connectivity index (χ2v) is 8.06. The van der Waals surface area contributed by atoms with Gasteiger partial charge < -0.3 is 9.84 Å². The lowest BCUT2D eigenvalue weighted by Crippen LogP contribution is -2.37. The first kappa shape index (κ1) is 18.4. The van der Waals surface area contributed by atoms with Crippen molar-refractivity contribution >= 4 is 15.9 Å². The van der Waals surface area contributed by atoms with Gasteiger partial charge in [-0.05, 0) is 12.8 Å². The molecule has 3 heterocycles. The topological polar surface area (TPSA) is 131 Å². The van der Waals surface area contributed by atoms with E-state index in [4.69, 9.17) is 4.52 Å².